The van der Waals surface area contributed by atoms with Gasteiger partial charge >= 0.3 is 0 Å². The largest absolute Gasteiger partial charge is 0.497 e. The van der Waals surface area contributed by atoms with Gasteiger partial charge in [-0.3, -0.25) is 4.79 Å². The zero-order chi connectivity index (χ0) is 16.3. The first-order chi connectivity index (χ1) is 10.3. The number of nitrogens with one attached hydrogen (secondary N) is 1. The summed E-state index contributed by atoms with van der Waals surface area (Å²) in [5.41, 5.74) is 0.721. The predicted molar refractivity (Wildman–Crippen MR) is 89.2 cm³/mol. The second-order valence-electron chi connectivity index (χ2n) is 6.38. The summed E-state index contributed by atoms with van der Waals surface area (Å²) in [6.07, 6.45) is 1.63. The number of hydrogen-bond donors (Lipinski definition) is 1. The minimum atomic E-state index is -1.17. The maximum Gasteiger partial charge on any atom is 0.242 e. The van der Waals surface area contributed by atoms with Gasteiger partial charge < -0.3 is 10.1 Å². The summed E-state index contributed by atoms with van der Waals surface area (Å²) in [5, 5.41) is 2.90. The van der Waals surface area contributed by atoms with Crippen LogP contribution in [0.25, 0.3) is 0 Å². The lowest BCUT2D eigenvalue weighted by molar-refractivity contribution is -0.119. The number of carbonyl (C=O) groups excluding carboxylic acids is 1. The van der Waals surface area contributed by atoms with Crippen LogP contribution in [0.4, 0.5) is 5.69 Å². The van der Waals surface area contributed by atoms with Gasteiger partial charge in [-0.1, -0.05) is 0 Å². The van der Waals surface area contributed by atoms with Crippen molar-refractivity contribution in [2.45, 2.75) is 44.4 Å². The van der Waals surface area contributed by atoms with Crippen molar-refractivity contribution in [1.82, 2.24) is 4.31 Å². The summed E-state index contributed by atoms with van der Waals surface area (Å²) in [4.78, 5) is 12.5. The Balaban J connectivity index is 2.06. The molecule has 0 unspecified atom stereocenters. The van der Waals surface area contributed by atoms with Crippen LogP contribution in [0.3, 0.4) is 0 Å². The number of rotatable bonds is 4. The quantitative estimate of drug-likeness (QED) is 0.926. The Kier molecular flexibility index (Phi) is 5.24. The third-order valence-corrected chi connectivity index (χ3v) is 5.51. The van der Waals surface area contributed by atoms with Gasteiger partial charge in [0.25, 0.3) is 0 Å². The molecule has 0 radical (unpaired) electrons. The van der Waals surface area contributed by atoms with E-state index in [2.05, 4.69) is 5.32 Å². The molecule has 0 saturated carbocycles. The number of benzene rings is 1. The van der Waals surface area contributed by atoms with Crippen molar-refractivity contribution < 1.29 is 13.7 Å². The monoisotopic (exact) mass is 324 g/mol. The van der Waals surface area contributed by atoms with Crippen LogP contribution < -0.4 is 10.1 Å². The molecule has 122 valence electrons. The molecule has 1 aromatic carbocycles. The summed E-state index contributed by atoms with van der Waals surface area (Å²) < 4.78 is 19.1. The van der Waals surface area contributed by atoms with Gasteiger partial charge in [-0.15, -0.1) is 0 Å². The molecule has 2 rings (SSSR count). The molecule has 1 fully saturated rings. The van der Waals surface area contributed by atoms with E-state index in [1.807, 2.05) is 25.1 Å². The zero-order valence-electron chi connectivity index (χ0n) is 13.6. The molecule has 1 aliphatic rings. The van der Waals surface area contributed by atoms with E-state index in [0.29, 0.717) is 6.54 Å². The maximum atomic E-state index is 12.6. The molecule has 1 aliphatic heterocycles. The van der Waals surface area contributed by atoms with E-state index in [0.717, 1.165) is 24.3 Å². The number of methoxy groups -OCH3 is 1. The second-order valence-corrected chi connectivity index (χ2v) is 8.57. The first-order valence-corrected chi connectivity index (χ1v) is 8.57. The SMILES string of the molecule is COc1ccc(NC(=O)[C@@H]2CCCN2[S@](=O)C(C)(C)C)cc1. The van der Waals surface area contributed by atoms with Gasteiger partial charge in [-0.2, -0.15) is 0 Å². The summed E-state index contributed by atoms with van der Waals surface area (Å²) >= 11 is 0. The molecule has 1 saturated heterocycles. The molecule has 2 atom stereocenters. The van der Waals surface area contributed by atoms with Crippen LogP contribution >= 0.6 is 0 Å². The first kappa shape index (κ1) is 17.0. The molecular formula is C16H24N2O3S. The number of nitrogens with zero attached hydrogens (tertiary/aromatic N) is 1. The minimum Gasteiger partial charge on any atom is -0.497 e. The van der Waals surface area contributed by atoms with Crippen molar-refractivity contribution in [3.05, 3.63) is 24.3 Å². The van der Waals surface area contributed by atoms with Crippen molar-refractivity contribution >= 4 is 22.6 Å². The number of ether oxygens (including phenoxy) is 1. The van der Waals surface area contributed by atoms with Crippen molar-refractivity contribution in [3.8, 4) is 5.75 Å². The van der Waals surface area contributed by atoms with Gasteiger partial charge in [0.15, 0.2) is 0 Å². The molecule has 0 aromatic heterocycles. The molecule has 1 aromatic rings. The van der Waals surface area contributed by atoms with Crippen LogP contribution in [0, 0.1) is 0 Å². The van der Waals surface area contributed by atoms with Gasteiger partial charge in [0.2, 0.25) is 5.91 Å². The van der Waals surface area contributed by atoms with E-state index in [9.17, 15) is 9.00 Å². The molecular weight excluding hydrogens is 300 g/mol. The van der Waals surface area contributed by atoms with Gasteiger partial charge in [0, 0.05) is 12.2 Å². The van der Waals surface area contributed by atoms with Gasteiger partial charge in [0.1, 0.15) is 22.8 Å². The first-order valence-electron chi connectivity index (χ1n) is 7.46. The van der Waals surface area contributed by atoms with Crippen molar-refractivity contribution in [2.75, 3.05) is 19.0 Å². The Morgan fingerprint density at radius 1 is 1.32 bits per heavy atom. The lowest BCUT2D eigenvalue weighted by Gasteiger charge is -2.29. The molecule has 0 spiro atoms. The highest BCUT2D eigenvalue weighted by Gasteiger charge is 2.38. The Morgan fingerprint density at radius 2 is 1.95 bits per heavy atom. The van der Waals surface area contributed by atoms with Gasteiger partial charge in [-0.05, 0) is 57.9 Å². The summed E-state index contributed by atoms with van der Waals surface area (Å²) in [6.45, 7) is 6.49. The molecule has 1 amide bonds. The normalized spacial score (nSPS) is 20.6. The smallest absolute Gasteiger partial charge is 0.242 e. The molecule has 5 nitrogen and oxygen atoms in total. The fraction of sp³-hybridized carbons (Fsp3) is 0.562. The van der Waals surface area contributed by atoms with E-state index in [4.69, 9.17) is 4.74 Å². The zero-order valence-corrected chi connectivity index (χ0v) is 14.4. The molecule has 0 aliphatic carbocycles. The second kappa shape index (κ2) is 6.79. The van der Waals surface area contributed by atoms with E-state index in [1.165, 1.54) is 0 Å². The van der Waals surface area contributed by atoms with Crippen molar-refractivity contribution in [2.24, 2.45) is 0 Å². The highest BCUT2D eigenvalue weighted by molar-refractivity contribution is 7.84. The third kappa shape index (κ3) is 3.87. The van der Waals surface area contributed by atoms with Crippen LogP contribution in [-0.2, 0) is 15.8 Å². The number of carbonyl (C=O) groups is 1. The highest BCUT2D eigenvalue weighted by atomic mass is 32.2. The van der Waals surface area contributed by atoms with Crippen LogP contribution in [0.1, 0.15) is 33.6 Å². The standard InChI is InChI=1S/C16H24N2O3S/c1-16(2,3)22(20)18-11-5-6-14(18)15(19)17-12-7-9-13(21-4)10-8-12/h7-10,14H,5-6,11H2,1-4H3,(H,17,19)/t14-,22+/m0/s1. The molecule has 1 heterocycles. The summed E-state index contributed by atoms with van der Waals surface area (Å²) in [7, 11) is 0.429. The molecule has 22 heavy (non-hydrogen) atoms. The van der Waals surface area contributed by atoms with Crippen molar-refractivity contribution in [3.63, 3.8) is 0 Å². The van der Waals surface area contributed by atoms with Gasteiger partial charge in [-0.25, -0.2) is 8.51 Å². The topological polar surface area (TPSA) is 58.6 Å². The Morgan fingerprint density at radius 3 is 2.50 bits per heavy atom. The lowest BCUT2D eigenvalue weighted by atomic mass is 10.2. The van der Waals surface area contributed by atoms with Crippen LogP contribution in [0.2, 0.25) is 0 Å². The Hall–Kier alpha value is -1.40. The fourth-order valence-corrected chi connectivity index (χ4v) is 3.88. The van der Waals surface area contributed by atoms with E-state index in [-0.39, 0.29) is 16.7 Å². The van der Waals surface area contributed by atoms with E-state index in [1.54, 1.807) is 31.4 Å². The van der Waals surface area contributed by atoms with Crippen molar-refractivity contribution in [1.29, 1.82) is 0 Å². The number of amides is 1. The van der Waals surface area contributed by atoms with Crippen LogP contribution in [0.5, 0.6) is 5.75 Å². The number of hydrogen-bond acceptors (Lipinski definition) is 3. The van der Waals surface area contributed by atoms with E-state index >= 15 is 0 Å². The minimum absolute atomic E-state index is 0.0970. The fourth-order valence-electron chi connectivity index (χ4n) is 2.45. The average Bonchev–Trinajstić information content (AvgIpc) is 2.95. The predicted octanol–water partition coefficient (Wildman–Crippen LogP) is 2.56. The van der Waals surface area contributed by atoms with Crippen LogP contribution in [-0.4, -0.2) is 38.9 Å². The molecule has 0 bridgehead atoms. The summed E-state index contributed by atoms with van der Waals surface area (Å²) in [5.74, 6) is 0.648. The lowest BCUT2D eigenvalue weighted by Crippen LogP contribution is -2.45. The third-order valence-electron chi connectivity index (χ3n) is 3.60. The highest BCUT2D eigenvalue weighted by Crippen LogP contribution is 2.26. The van der Waals surface area contributed by atoms with E-state index < -0.39 is 11.0 Å². The van der Waals surface area contributed by atoms with Gasteiger partial charge in [0.05, 0.1) is 11.9 Å². The Labute approximate surface area is 134 Å². The summed E-state index contributed by atoms with van der Waals surface area (Å²) in [6, 6.07) is 6.88. The molecule has 6 heteroatoms. The number of anilines is 1. The average molecular weight is 324 g/mol. The maximum absolute atomic E-state index is 12.6. The van der Waals surface area contributed by atoms with Crippen LogP contribution in [0.15, 0.2) is 24.3 Å². The Bertz CT molecular complexity index is 552. The molecule has 1 N–H and O–H groups in total.